The van der Waals surface area contributed by atoms with Crippen LogP contribution in [0.1, 0.15) is 44.2 Å². The molecule has 1 aliphatic rings. The van der Waals surface area contributed by atoms with Crippen molar-refractivity contribution in [3.8, 4) is 11.5 Å². The predicted octanol–water partition coefficient (Wildman–Crippen LogP) is 3.34. The Bertz CT molecular complexity index is 481. The van der Waals surface area contributed by atoms with E-state index in [0.717, 1.165) is 43.8 Å². The molecule has 0 N–H and O–H groups in total. The van der Waals surface area contributed by atoms with Gasteiger partial charge in [0.15, 0.2) is 11.5 Å². The molecule has 0 unspecified atom stereocenters. The fourth-order valence-corrected chi connectivity index (χ4v) is 2.53. The molecule has 1 aliphatic heterocycles. The molecule has 0 aromatic heterocycles. The van der Waals surface area contributed by atoms with Crippen LogP contribution in [0, 0.1) is 0 Å². The average molecular weight is 466 g/mol. The first-order valence-corrected chi connectivity index (χ1v) is 8.99. The topological polar surface area (TPSA) is 46.2 Å². The van der Waals surface area contributed by atoms with E-state index in [2.05, 4.69) is 19.9 Å². The molecule has 2 radical (unpaired) electrons. The number of ether oxygens (including phenoxy) is 5. The molecule has 1 aromatic rings. The number of hydrogen-bond acceptors (Lipinski definition) is 5. The molecule has 0 aliphatic carbocycles. The third-order valence-electron chi connectivity index (χ3n) is 3.86. The zero-order valence-electron chi connectivity index (χ0n) is 15.4. The number of unbranched alkanes of at least 4 members (excludes halogenated alkanes) is 1. The molecule has 0 spiro atoms. The van der Waals surface area contributed by atoms with Crippen LogP contribution in [0.4, 0.5) is 0 Å². The summed E-state index contributed by atoms with van der Waals surface area (Å²) >= 11 is 0. The van der Waals surface area contributed by atoms with Gasteiger partial charge in [0.05, 0.1) is 33.0 Å². The standard InChI is InChI=1S/C19H30O5.Te/c1-3-5-7-20-8-9-21-10-11-22-14-17-13-19-18(23-15-24-19)12-16(17)6-4-2;/h12-13H,3-11,14-15H2,1-2H3;. The Balaban J connectivity index is 0.00000312. The third-order valence-corrected chi connectivity index (χ3v) is 3.86. The van der Waals surface area contributed by atoms with E-state index < -0.39 is 0 Å². The molecular weight excluding hydrogens is 436 g/mol. The monoisotopic (exact) mass is 468 g/mol. The molecule has 0 bridgehead atoms. The molecule has 6 heteroatoms. The Morgan fingerprint density at radius 1 is 0.800 bits per heavy atom. The van der Waals surface area contributed by atoms with E-state index in [1.165, 1.54) is 11.1 Å². The van der Waals surface area contributed by atoms with Crippen molar-refractivity contribution in [1.82, 2.24) is 0 Å². The van der Waals surface area contributed by atoms with Crippen LogP contribution in [0.2, 0.25) is 0 Å². The first kappa shape index (κ1) is 22.5. The summed E-state index contributed by atoms with van der Waals surface area (Å²) in [6.45, 7) is 8.47. The van der Waals surface area contributed by atoms with Crippen LogP contribution in [0.15, 0.2) is 12.1 Å². The summed E-state index contributed by atoms with van der Waals surface area (Å²) in [5, 5.41) is 0. The van der Waals surface area contributed by atoms with E-state index in [-0.39, 0.29) is 23.7 Å². The maximum Gasteiger partial charge on any atom is 0.231 e. The second-order valence-electron chi connectivity index (χ2n) is 5.86. The largest absolute Gasteiger partial charge is 0.454 e. The van der Waals surface area contributed by atoms with Crippen molar-refractivity contribution in [3.63, 3.8) is 0 Å². The summed E-state index contributed by atoms with van der Waals surface area (Å²) in [7, 11) is 0. The van der Waals surface area contributed by atoms with Crippen molar-refractivity contribution in [2.45, 2.75) is 46.1 Å². The SMILES string of the molecule is CCCCOCCOCCOCc1cc2c(cc1CCC)OCO2.[Te]. The van der Waals surface area contributed by atoms with Gasteiger partial charge in [-0.1, -0.05) is 26.7 Å². The average Bonchev–Trinajstić information content (AvgIpc) is 3.04. The van der Waals surface area contributed by atoms with Crippen molar-refractivity contribution >= 4 is 23.7 Å². The first-order valence-electron chi connectivity index (χ1n) is 8.99. The summed E-state index contributed by atoms with van der Waals surface area (Å²) in [6.07, 6.45) is 4.38. The normalized spacial score (nSPS) is 12.2. The van der Waals surface area contributed by atoms with Crippen LogP contribution in [-0.2, 0) is 27.2 Å². The van der Waals surface area contributed by atoms with Gasteiger partial charge in [0.2, 0.25) is 6.79 Å². The van der Waals surface area contributed by atoms with Crippen molar-refractivity contribution in [2.75, 3.05) is 39.8 Å². The number of hydrogen-bond donors (Lipinski definition) is 0. The molecule has 2 rings (SSSR count). The van der Waals surface area contributed by atoms with Gasteiger partial charge in [0.1, 0.15) is 0 Å². The van der Waals surface area contributed by atoms with Crippen LogP contribution in [0.25, 0.3) is 0 Å². The van der Waals surface area contributed by atoms with E-state index in [4.69, 9.17) is 23.7 Å². The Labute approximate surface area is 168 Å². The summed E-state index contributed by atoms with van der Waals surface area (Å²) in [4.78, 5) is 0. The minimum Gasteiger partial charge on any atom is -0.454 e. The van der Waals surface area contributed by atoms with Gasteiger partial charge in [-0.05, 0) is 36.1 Å². The van der Waals surface area contributed by atoms with Gasteiger partial charge in [0, 0.05) is 30.3 Å². The van der Waals surface area contributed by atoms with Crippen LogP contribution in [-0.4, -0.2) is 63.5 Å². The fourth-order valence-electron chi connectivity index (χ4n) is 2.53. The van der Waals surface area contributed by atoms with Gasteiger partial charge in [-0.2, -0.15) is 0 Å². The molecule has 25 heavy (non-hydrogen) atoms. The second kappa shape index (κ2) is 13.7. The molecule has 0 atom stereocenters. The number of benzene rings is 1. The Morgan fingerprint density at radius 2 is 1.40 bits per heavy atom. The van der Waals surface area contributed by atoms with Crippen molar-refractivity contribution in [2.24, 2.45) is 0 Å². The Hall–Kier alpha value is -0.510. The van der Waals surface area contributed by atoms with Gasteiger partial charge in [-0.25, -0.2) is 0 Å². The number of fused-ring (bicyclic) bond motifs is 1. The van der Waals surface area contributed by atoms with E-state index in [9.17, 15) is 0 Å². The second-order valence-corrected chi connectivity index (χ2v) is 5.86. The molecule has 142 valence electrons. The maximum atomic E-state index is 5.75. The van der Waals surface area contributed by atoms with E-state index in [1.807, 2.05) is 6.07 Å². The Morgan fingerprint density at radius 3 is 2.04 bits per heavy atom. The zero-order chi connectivity index (χ0) is 17.0. The fraction of sp³-hybridized carbons (Fsp3) is 0.684. The van der Waals surface area contributed by atoms with Gasteiger partial charge < -0.3 is 23.7 Å². The molecule has 1 heterocycles. The molecule has 0 saturated carbocycles. The minimum atomic E-state index is 0. The smallest absolute Gasteiger partial charge is 0.231 e. The van der Waals surface area contributed by atoms with Crippen molar-refractivity contribution in [1.29, 1.82) is 0 Å². The van der Waals surface area contributed by atoms with Crippen LogP contribution < -0.4 is 9.47 Å². The number of aryl methyl sites for hydroxylation is 1. The van der Waals surface area contributed by atoms with Crippen molar-refractivity contribution in [3.05, 3.63) is 23.3 Å². The summed E-state index contributed by atoms with van der Waals surface area (Å²) < 4.78 is 27.6. The molecule has 5 nitrogen and oxygen atoms in total. The van der Waals surface area contributed by atoms with Crippen molar-refractivity contribution < 1.29 is 23.7 Å². The van der Waals surface area contributed by atoms with Gasteiger partial charge in [-0.3, -0.25) is 0 Å². The Kier molecular flexibility index (Phi) is 12.3. The molecule has 0 fully saturated rings. The van der Waals surface area contributed by atoms with E-state index >= 15 is 0 Å². The maximum absolute atomic E-state index is 5.75. The van der Waals surface area contributed by atoms with Gasteiger partial charge in [0.25, 0.3) is 0 Å². The van der Waals surface area contributed by atoms with E-state index in [1.54, 1.807) is 0 Å². The van der Waals surface area contributed by atoms with Gasteiger partial charge in [-0.15, -0.1) is 0 Å². The summed E-state index contributed by atoms with van der Waals surface area (Å²) in [5.74, 6) is 1.66. The van der Waals surface area contributed by atoms with Crippen LogP contribution in [0.5, 0.6) is 11.5 Å². The van der Waals surface area contributed by atoms with E-state index in [0.29, 0.717) is 39.8 Å². The quantitative estimate of drug-likeness (QED) is 0.330. The predicted molar refractivity (Wildman–Crippen MR) is 98.5 cm³/mol. The third kappa shape index (κ3) is 8.15. The summed E-state index contributed by atoms with van der Waals surface area (Å²) in [6, 6.07) is 4.12. The molecule has 1 aromatic carbocycles. The van der Waals surface area contributed by atoms with Crippen LogP contribution >= 0.6 is 0 Å². The summed E-state index contributed by atoms with van der Waals surface area (Å²) in [5.41, 5.74) is 2.44. The zero-order valence-corrected chi connectivity index (χ0v) is 17.7. The van der Waals surface area contributed by atoms with Crippen LogP contribution in [0.3, 0.4) is 0 Å². The number of rotatable bonds is 13. The molecule has 0 saturated heterocycles. The minimum absolute atomic E-state index is 0. The first-order chi connectivity index (χ1) is 11.8. The molecule has 0 amide bonds. The van der Waals surface area contributed by atoms with Gasteiger partial charge >= 0.3 is 0 Å². The molecular formula is C19H30O5Te.